The van der Waals surface area contributed by atoms with E-state index in [0.29, 0.717) is 5.96 Å². The average molecular weight is 421 g/mol. The molecule has 0 aromatic carbocycles. The Kier molecular flexibility index (Phi) is 9.88. The van der Waals surface area contributed by atoms with Crippen molar-refractivity contribution in [3.05, 3.63) is 24.5 Å². The molecule has 0 aliphatic heterocycles. The molecule has 0 radical (unpaired) electrons. The molecule has 1 amide bonds. The Balaban J connectivity index is 0.00000441. The van der Waals surface area contributed by atoms with E-state index in [1.54, 1.807) is 0 Å². The molecule has 0 saturated carbocycles. The number of carbonyl (C=O) groups excluding carboxylic acids is 1. The predicted molar refractivity (Wildman–Crippen MR) is 102 cm³/mol. The molecule has 0 atom stereocenters. The lowest BCUT2D eigenvalue weighted by Gasteiger charge is -2.20. The SMILES string of the molecule is CCNC(=NCC(=O)NC(C)(C)C)NCCn1cccc1.I. The van der Waals surface area contributed by atoms with Crippen molar-refractivity contribution in [2.45, 2.75) is 39.8 Å². The second-order valence-corrected chi connectivity index (χ2v) is 5.84. The number of carbonyl (C=O) groups is 1. The predicted octanol–water partition coefficient (Wildman–Crippen LogP) is 1.58. The van der Waals surface area contributed by atoms with Gasteiger partial charge >= 0.3 is 0 Å². The van der Waals surface area contributed by atoms with Crippen molar-refractivity contribution in [3.63, 3.8) is 0 Å². The molecular weight excluding hydrogens is 393 g/mol. The first kappa shape index (κ1) is 20.8. The molecule has 0 aliphatic rings. The van der Waals surface area contributed by atoms with Crippen LogP contribution in [-0.2, 0) is 11.3 Å². The topological polar surface area (TPSA) is 70.4 Å². The van der Waals surface area contributed by atoms with Crippen LogP contribution in [0.25, 0.3) is 0 Å². The second-order valence-electron chi connectivity index (χ2n) is 5.84. The van der Waals surface area contributed by atoms with Crippen LogP contribution >= 0.6 is 24.0 Å². The van der Waals surface area contributed by atoms with E-state index in [2.05, 4.69) is 25.5 Å². The van der Waals surface area contributed by atoms with Crippen molar-refractivity contribution < 1.29 is 4.79 Å². The molecule has 0 bridgehead atoms. The van der Waals surface area contributed by atoms with E-state index in [-0.39, 0.29) is 42.0 Å². The molecule has 1 rings (SSSR count). The highest BCUT2D eigenvalue weighted by Gasteiger charge is 2.13. The van der Waals surface area contributed by atoms with Crippen LogP contribution in [0.1, 0.15) is 27.7 Å². The van der Waals surface area contributed by atoms with Gasteiger partial charge in [0, 0.05) is 37.6 Å². The van der Waals surface area contributed by atoms with Gasteiger partial charge in [-0.2, -0.15) is 0 Å². The summed E-state index contributed by atoms with van der Waals surface area (Å²) in [5.41, 5.74) is -0.229. The molecule has 0 spiro atoms. The van der Waals surface area contributed by atoms with Gasteiger partial charge in [-0.3, -0.25) is 4.79 Å². The minimum absolute atomic E-state index is 0. The van der Waals surface area contributed by atoms with Crippen molar-refractivity contribution in [2.24, 2.45) is 4.99 Å². The zero-order chi connectivity index (χ0) is 15.7. The van der Waals surface area contributed by atoms with Crippen LogP contribution < -0.4 is 16.0 Å². The van der Waals surface area contributed by atoms with Gasteiger partial charge < -0.3 is 20.5 Å². The summed E-state index contributed by atoms with van der Waals surface area (Å²) in [5.74, 6) is 0.582. The highest BCUT2D eigenvalue weighted by atomic mass is 127. The summed E-state index contributed by atoms with van der Waals surface area (Å²) >= 11 is 0. The zero-order valence-electron chi connectivity index (χ0n) is 13.8. The van der Waals surface area contributed by atoms with Crippen molar-refractivity contribution in [1.29, 1.82) is 0 Å². The molecule has 0 aliphatic carbocycles. The summed E-state index contributed by atoms with van der Waals surface area (Å²) < 4.78 is 2.09. The van der Waals surface area contributed by atoms with E-state index in [0.717, 1.165) is 19.6 Å². The number of amides is 1. The van der Waals surface area contributed by atoms with Crippen LogP contribution in [0.4, 0.5) is 0 Å². The van der Waals surface area contributed by atoms with E-state index < -0.39 is 0 Å². The standard InChI is InChI=1S/C15H27N5O.HI/c1-5-16-14(17-8-11-20-9-6-7-10-20)18-12-13(21)19-15(2,3)4;/h6-7,9-10H,5,8,11-12H2,1-4H3,(H,19,21)(H2,16,17,18);1H. The molecule has 1 aromatic rings. The number of hydrogen-bond acceptors (Lipinski definition) is 2. The van der Waals surface area contributed by atoms with Crippen LogP contribution in [0.5, 0.6) is 0 Å². The summed E-state index contributed by atoms with van der Waals surface area (Å²) in [7, 11) is 0. The highest BCUT2D eigenvalue weighted by Crippen LogP contribution is 1.97. The molecular formula is C15H28IN5O. The van der Waals surface area contributed by atoms with E-state index in [1.807, 2.05) is 52.2 Å². The molecule has 3 N–H and O–H groups in total. The number of rotatable bonds is 6. The van der Waals surface area contributed by atoms with Gasteiger partial charge in [-0.15, -0.1) is 24.0 Å². The Labute approximate surface area is 150 Å². The fourth-order valence-corrected chi connectivity index (χ4v) is 1.77. The Morgan fingerprint density at radius 3 is 2.36 bits per heavy atom. The summed E-state index contributed by atoms with van der Waals surface area (Å²) in [6.07, 6.45) is 4.03. The lowest BCUT2D eigenvalue weighted by Crippen LogP contribution is -2.43. The number of guanidine groups is 1. The lowest BCUT2D eigenvalue weighted by molar-refractivity contribution is -0.121. The molecule has 0 unspecified atom stereocenters. The number of nitrogens with zero attached hydrogens (tertiary/aromatic N) is 2. The zero-order valence-corrected chi connectivity index (χ0v) is 16.2. The maximum absolute atomic E-state index is 11.8. The largest absolute Gasteiger partial charge is 0.357 e. The first-order chi connectivity index (χ1) is 9.90. The van der Waals surface area contributed by atoms with Crippen molar-refractivity contribution >= 4 is 35.8 Å². The van der Waals surface area contributed by atoms with Crippen LogP contribution in [0.15, 0.2) is 29.5 Å². The Hall–Kier alpha value is -1.25. The molecule has 1 aromatic heterocycles. The Morgan fingerprint density at radius 1 is 1.18 bits per heavy atom. The summed E-state index contributed by atoms with van der Waals surface area (Å²) in [4.78, 5) is 16.0. The second kappa shape index (κ2) is 10.5. The molecule has 7 heteroatoms. The molecule has 22 heavy (non-hydrogen) atoms. The van der Waals surface area contributed by atoms with Crippen LogP contribution in [0.3, 0.4) is 0 Å². The summed E-state index contributed by atoms with van der Waals surface area (Å²) in [5, 5.41) is 9.24. The molecule has 6 nitrogen and oxygen atoms in total. The van der Waals surface area contributed by atoms with Gasteiger partial charge in [0.1, 0.15) is 6.54 Å². The minimum Gasteiger partial charge on any atom is -0.357 e. The minimum atomic E-state index is -0.229. The van der Waals surface area contributed by atoms with Gasteiger partial charge in [0.05, 0.1) is 0 Å². The van der Waals surface area contributed by atoms with Crippen LogP contribution in [-0.4, -0.2) is 41.6 Å². The number of nitrogens with one attached hydrogen (secondary N) is 3. The van der Waals surface area contributed by atoms with Crippen LogP contribution in [0.2, 0.25) is 0 Å². The third-order valence-electron chi connectivity index (χ3n) is 2.57. The Bertz CT molecular complexity index is 451. The normalized spacial score (nSPS) is 11.5. The molecule has 0 fully saturated rings. The first-order valence-electron chi connectivity index (χ1n) is 7.34. The van der Waals surface area contributed by atoms with Gasteiger partial charge in [0.15, 0.2) is 5.96 Å². The third-order valence-corrected chi connectivity index (χ3v) is 2.57. The van der Waals surface area contributed by atoms with E-state index >= 15 is 0 Å². The average Bonchev–Trinajstić information content (AvgIpc) is 2.87. The number of hydrogen-bond donors (Lipinski definition) is 3. The fourth-order valence-electron chi connectivity index (χ4n) is 1.77. The van der Waals surface area contributed by atoms with Gasteiger partial charge in [0.2, 0.25) is 5.91 Å². The summed E-state index contributed by atoms with van der Waals surface area (Å²) in [6.45, 7) is 10.3. The number of aliphatic imine (C=N–C) groups is 1. The van der Waals surface area contributed by atoms with Crippen molar-refractivity contribution in [2.75, 3.05) is 19.6 Å². The molecule has 0 saturated heterocycles. The van der Waals surface area contributed by atoms with Crippen LogP contribution in [0, 0.1) is 0 Å². The lowest BCUT2D eigenvalue weighted by atomic mass is 10.1. The van der Waals surface area contributed by atoms with Gasteiger partial charge in [0.25, 0.3) is 0 Å². The number of halogens is 1. The fraction of sp³-hybridized carbons (Fsp3) is 0.600. The maximum atomic E-state index is 11.8. The third kappa shape index (κ3) is 9.64. The monoisotopic (exact) mass is 421 g/mol. The van der Waals surface area contributed by atoms with E-state index in [4.69, 9.17) is 0 Å². The number of aromatic nitrogens is 1. The smallest absolute Gasteiger partial charge is 0.242 e. The quantitative estimate of drug-likeness (QED) is 0.371. The first-order valence-corrected chi connectivity index (χ1v) is 7.34. The van der Waals surface area contributed by atoms with Crippen molar-refractivity contribution in [3.8, 4) is 0 Å². The van der Waals surface area contributed by atoms with E-state index in [9.17, 15) is 4.79 Å². The van der Waals surface area contributed by atoms with Crippen molar-refractivity contribution in [1.82, 2.24) is 20.5 Å². The molecule has 1 heterocycles. The van der Waals surface area contributed by atoms with Gasteiger partial charge in [-0.25, -0.2) is 4.99 Å². The van der Waals surface area contributed by atoms with Gasteiger partial charge in [-0.1, -0.05) is 0 Å². The molecule has 126 valence electrons. The highest BCUT2D eigenvalue weighted by molar-refractivity contribution is 14.0. The Morgan fingerprint density at radius 2 is 1.82 bits per heavy atom. The maximum Gasteiger partial charge on any atom is 0.242 e. The van der Waals surface area contributed by atoms with E-state index in [1.165, 1.54) is 0 Å². The van der Waals surface area contributed by atoms with Gasteiger partial charge in [-0.05, 0) is 39.8 Å². The summed E-state index contributed by atoms with van der Waals surface area (Å²) in [6, 6.07) is 3.99.